The molecule has 0 saturated carbocycles. The average Bonchev–Trinajstić information content (AvgIpc) is 2.94. The maximum absolute atomic E-state index is 12.6. The first-order valence-corrected chi connectivity index (χ1v) is 4.36. The van der Waals surface area contributed by atoms with Gasteiger partial charge in [0.1, 0.15) is 6.10 Å². The van der Waals surface area contributed by atoms with Crippen molar-refractivity contribution in [3.8, 4) is 0 Å². The van der Waals surface area contributed by atoms with E-state index in [0.29, 0.717) is 5.56 Å². The molecule has 2 atom stereocenters. The monoisotopic (exact) mass is 218 g/mol. The molecule has 1 aliphatic rings. The van der Waals surface area contributed by atoms with Crippen LogP contribution >= 0.6 is 0 Å². The summed E-state index contributed by atoms with van der Waals surface area (Å²) >= 11 is 0. The first kappa shape index (κ1) is 10.4. The van der Waals surface area contributed by atoms with Gasteiger partial charge in [-0.1, -0.05) is 30.3 Å². The Balaban J connectivity index is 2.24. The van der Waals surface area contributed by atoms with Gasteiger partial charge in [-0.2, -0.15) is 13.2 Å². The highest BCUT2D eigenvalue weighted by atomic mass is 19.4. The van der Waals surface area contributed by atoms with Crippen LogP contribution in [0.25, 0.3) is 0 Å². The largest absolute Gasteiger partial charge is 0.446 e. The van der Waals surface area contributed by atoms with Crippen LogP contribution in [-0.4, -0.2) is 19.1 Å². The molecule has 2 unspecified atom stereocenters. The molecule has 1 aliphatic heterocycles. The van der Waals surface area contributed by atoms with Gasteiger partial charge in [0.2, 0.25) is 0 Å². The third-order valence-electron chi connectivity index (χ3n) is 2.38. The number of benzene rings is 1. The summed E-state index contributed by atoms with van der Waals surface area (Å²) in [5.41, 5.74) is 0.469. The van der Waals surface area contributed by atoms with Crippen molar-refractivity contribution in [1.82, 2.24) is 0 Å². The van der Waals surface area contributed by atoms with Gasteiger partial charge in [0.25, 0.3) is 5.79 Å². The number of alkyl halides is 3. The Morgan fingerprint density at radius 3 is 2.27 bits per heavy atom. The van der Waals surface area contributed by atoms with Gasteiger partial charge in [0.05, 0.1) is 0 Å². The fourth-order valence-electron chi connectivity index (χ4n) is 1.54. The van der Waals surface area contributed by atoms with Crippen LogP contribution < -0.4 is 0 Å². The van der Waals surface area contributed by atoms with Crippen molar-refractivity contribution in [2.75, 3.05) is 7.11 Å². The van der Waals surface area contributed by atoms with Gasteiger partial charge in [-0.05, 0) is 5.56 Å². The number of hydrogen-bond donors (Lipinski definition) is 0. The Labute approximate surface area is 84.6 Å². The molecule has 82 valence electrons. The van der Waals surface area contributed by atoms with Crippen molar-refractivity contribution in [3.63, 3.8) is 0 Å². The lowest BCUT2D eigenvalue weighted by Crippen LogP contribution is -2.35. The van der Waals surface area contributed by atoms with Crippen molar-refractivity contribution in [3.05, 3.63) is 35.9 Å². The minimum absolute atomic E-state index is 0.469. The molecule has 1 aromatic carbocycles. The molecule has 15 heavy (non-hydrogen) atoms. The molecular formula is C10H9F3O2. The standard InChI is InChI=1S/C10H9F3O2/c1-14-9(10(11,12)13)8(15-9)7-5-3-2-4-6-7/h2-6,8H,1H3. The molecule has 1 saturated heterocycles. The summed E-state index contributed by atoms with van der Waals surface area (Å²) in [4.78, 5) is 0. The van der Waals surface area contributed by atoms with Crippen molar-refractivity contribution in [2.24, 2.45) is 0 Å². The summed E-state index contributed by atoms with van der Waals surface area (Å²) in [6.45, 7) is 0. The van der Waals surface area contributed by atoms with E-state index in [-0.39, 0.29) is 0 Å². The van der Waals surface area contributed by atoms with Crippen molar-refractivity contribution in [1.29, 1.82) is 0 Å². The highest BCUT2D eigenvalue weighted by Crippen LogP contribution is 2.58. The number of ether oxygens (including phenoxy) is 2. The number of epoxide rings is 1. The number of methoxy groups -OCH3 is 1. The molecular weight excluding hydrogens is 209 g/mol. The molecule has 2 nitrogen and oxygen atoms in total. The van der Waals surface area contributed by atoms with Gasteiger partial charge in [-0.3, -0.25) is 0 Å². The molecule has 0 N–H and O–H groups in total. The molecule has 0 aromatic heterocycles. The smallest absolute Gasteiger partial charge is 0.344 e. The van der Waals surface area contributed by atoms with Crippen LogP contribution in [0.15, 0.2) is 30.3 Å². The Kier molecular flexibility index (Phi) is 2.24. The number of rotatable bonds is 2. The van der Waals surface area contributed by atoms with E-state index in [0.717, 1.165) is 7.11 Å². The van der Waals surface area contributed by atoms with Gasteiger partial charge < -0.3 is 9.47 Å². The van der Waals surface area contributed by atoms with E-state index in [9.17, 15) is 13.2 Å². The van der Waals surface area contributed by atoms with Crippen LogP contribution in [0, 0.1) is 0 Å². The van der Waals surface area contributed by atoms with E-state index in [2.05, 4.69) is 9.47 Å². The Hall–Kier alpha value is -1.07. The highest BCUT2D eigenvalue weighted by Gasteiger charge is 2.75. The van der Waals surface area contributed by atoms with E-state index in [1.807, 2.05) is 0 Å². The van der Waals surface area contributed by atoms with Gasteiger partial charge in [-0.25, -0.2) is 0 Å². The summed E-state index contributed by atoms with van der Waals surface area (Å²) in [5.74, 6) is -2.45. The van der Waals surface area contributed by atoms with E-state index < -0.39 is 18.1 Å². The van der Waals surface area contributed by atoms with Gasteiger partial charge in [0, 0.05) is 7.11 Å². The Morgan fingerprint density at radius 1 is 1.27 bits per heavy atom. The van der Waals surface area contributed by atoms with Crippen LogP contribution in [0.5, 0.6) is 0 Å². The molecule has 5 heteroatoms. The zero-order chi connectivity index (χ0) is 11.1. The van der Waals surface area contributed by atoms with Crippen LogP contribution in [0.2, 0.25) is 0 Å². The zero-order valence-electron chi connectivity index (χ0n) is 7.91. The SMILES string of the molecule is COC1(C(F)(F)F)OC1c1ccccc1. The molecule has 0 radical (unpaired) electrons. The van der Waals surface area contributed by atoms with Gasteiger partial charge >= 0.3 is 6.18 Å². The Bertz CT molecular complexity index is 349. The molecule has 0 aliphatic carbocycles. The van der Waals surface area contributed by atoms with Crippen LogP contribution in [-0.2, 0) is 9.47 Å². The van der Waals surface area contributed by atoms with E-state index in [1.54, 1.807) is 30.3 Å². The zero-order valence-corrected chi connectivity index (χ0v) is 7.91. The molecule has 1 heterocycles. The van der Waals surface area contributed by atoms with E-state index in [4.69, 9.17) is 0 Å². The van der Waals surface area contributed by atoms with Crippen molar-refractivity contribution < 1.29 is 22.6 Å². The van der Waals surface area contributed by atoms with Gasteiger partial charge in [-0.15, -0.1) is 0 Å². The summed E-state index contributed by atoms with van der Waals surface area (Å²) in [7, 11) is 0.996. The lowest BCUT2D eigenvalue weighted by Gasteiger charge is -2.14. The first-order chi connectivity index (χ1) is 7.01. The predicted molar refractivity (Wildman–Crippen MR) is 46.1 cm³/mol. The molecule has 2 rings (SSSR count). The van der Waals surface area contributed by atoms with Crippen LogP contribution in [0.1, 0.15) is 11.7 Å². The molecule has 0 bridgehead atoms. The van der Waals surface area contributed by atoms with Crippen molar-refractivity contribution in [2.45, 2.75) is 18.1 Å². The van der Waals surface area contributed by atoms with Crippen molar-refractivity contribution >= 4 is 0 Å². The minimum atomic E-state index is -4.51. The Morgan fingerprint density at radius 2 is 1.87 bits per heavy atom. The summed E-state index contributed by atoms with van der Waals surface area (Å²) in [6.07, 6.45) is -5.56. The van der Waals surface area contributed by atoms with E-state index in [1.165, 1.54) is 0 Å². The first-order valence-electron chi connectivity index (χ1n) is 4.36. The molecule has 0 spiro atoms. The fourth-order valence-corrected chi connectivity index (χ4v) is 1.54. The third-order valence-corrected chi connectivity index (χ3v) is 2.38. The maximum Gasteiger partial charge on any atom is 0.446 e. The number of hydrogen-bond acceptors (Lipinski definition) is 2. The van der Waals surface area contributed by atoms with Gasteiger partial charge in [0.15, 0.2) is 0 Å². The average molecular weight is 218 g/mol. The second-order valence-corrected chi connectivity index (χ2v) is 3.28. The second-order valence-electron chi connectivity index (χ2n) is 3.28. The summed E-state index contributed by atoms with van der Waals surface area (Å²) in [6, 6.07) is 8.21. The van der Waals surface area contributed by atoms with E-state index >= 15 is 0 Å². The minimum Gasteiger partial charge on any atom is -0.344 e. The lowest BCUT2D eigenvalue weighted by atomic mass is 10.1. The van der Waals surface area contributed by atoms with Crippen LogP contribution in [0.3, 0.4) is 0 Å². The lowest BCUT2D eigenvalue weighted by molar-refractivity contribution is -0.263. The summed E-state index contributed by atoms with van der Waals surface area (Å²) in [5, 5.41) is 0. The summed E-state index contributed by atoms with van der Waals surface area (Å²) < 4.78 is 46.8. The van der Waals surface area contributed by atoms with Crippen LogP contribution in [0.4, 0.5) is 13.2 Å². The maximum atomic E-state index is 12.6. The highest BCUT2D eigenvalue weighted by molar-refractivity contribution is 5.25. The fraction of sp³-hybridized carbons (Fsp3) is 0.400. The normalized spacial score (nSPS) is 30.3. The molecule has 1 fully saturated rings. The molecule has 1 aromatic rings. The molecule has 0 amide bonds. The number of halogens is 3. The third kappa shape index (κ3) is 1.52. The quantitative estimate of drug-likeness (QED) is 0.712. The second kappa shape index (κ2) is 3.21. The predicted octanol–water partition coefficient (Wildman–Crippen LogP) is 2.66. The topological polar surface area (TPSA) is 21.8 Å².